The smallest absolute Gasteiger partial charge is 0.253 e. The first kappa shape index (κ1) is 21.5. The zero-order chi connectivity index (χ0) is 20.5. The van der Waals surface area contributed by atoms with Gasteiger partial charge in [-0.15, -0.1) is 0 Å². The number of hydrogen-bond acceptors (Lipinski definition) is 3. The molecule has 0 atom stereocenters. The molecule has 0 radical (unpaired) electrons. The van der Waals surface area contributed by atoms with Crippen LogP contribution in [0.4, 0.5) is 11.4 Å². The second-order valence-electron chi connectivity index (χ2n) is 7.09. The predicted octanol–water partition coefficient (Wildman–Crippen LogP) is 4.62. The second-order valence-corrected chi connectivity index (χ2v) is 7.09. The van der Waals surface area contributed by atoms with Crippen molar-refractivity contribution in [3.8, 4) is 0 Å². The third kappa shape index (κ3) is 6.12. The van der Waals surface area contributed by atoms with Gasteiger partial charge in [-0.3, -0.25) is 9.59 Å². The molecule has 0 bridgehead atoms. The Kier molecular flexibility index (Phi) is 8.05. The molecule has 28 heavy (non-hydrogen) atoms. The molecule has 0 aliphatic carbocycles. The monoisotopic (exact) mass is 381 g/mol. The molecule has 5 heteroatoms. The molecule has 0 heterocycles. The minimum atomic E-state index is -0.149. The third-order valence-corrected chi connectivity index (χ3v) is 4.50. The number of rotatable bonds is 9. The van der Waals surface area contributed by atoms with Gasteiger partial charge in [0.25, 0.3) is 5.91 Å². The zero-order valence-electron chi connectivity index (χ0n) is 17.3. The molecule has 2 aromatic rings. The van der Waals surface area contributed by atoms with Gasteiger partial charge in [-0.2, -0.15) is 0 Å². The lowest BCUT2D eigenvalue weighted by Gasteiger charge is -2.21. The van der Waals surface area contributed by atoms with E-state index in [1.165, 1.54) is 0 Å². The van der Waals surface area contributed by atoms with E-state index in [1.807, 2.05) is 36.9 Å². The average Bonchev–Trinajstić information content (AvgIpc) is 2.68. The Morgan fingerprint density at radius 3 is 2.36 bits per heavy atom. The molecular formula is C23H31N3O2. The Hall–Kier alpha value is -2.82. The Bertz CT molecular complexity index is 811. The van der Waals surface area contributed by atoms with Crippen LogP contribution in [0.3, 0.4) is 0 Å². The van der Waals surface area contributed by atoms with Crippen LogP contribution in [-0.4, -0.2) is 36.3 Å². The first-order valence-electron chi connectivity index (χ1n) is 9.95. The van der Waals surface area contributed by atoms with Crippen molar-refractivity contribution in [2.24, 2.45) is 0 Å². The molecule has 0 saturated carbocycles. The van der Waals surface area contributed by atoms with Crippen LogP contribution in [0.5, 0.6) is 0 Å². The molecule has 0 aliphatic rings. The Morgan fingerprint density at radius 2 is 1.68 bits per heavy atom. The van der Waals surface area contributed by atoms with Crippen LogP contribution >= 0.6 is 0 Å². The molecule has 0 saturated heterocycles. The summed E-state index contributed by atoms with van der Waals surface area (Å²) in [6.45, 7) is 9.80. The van der Waals surface area contributed by atoms with Gasteiger partial charge in [-0.05, 0) is 62.1 Å². The summed E-state index contributed by atoms with van der Waals surface area (Å²) in [5.41, 5.74) is 4.42. The summed E-state index contributed by atoms with van der Waals surface area (Å²) in [5.74, 6) is -0.141. The molecule has 0 aliphatic heterocycles. The van der Waals surface area contributed by atoms with E-state index in [0.29, 0.717) is 11.3 Å². The maximum absolute atomic E-state index is 12.7. The van der Waals surface area contributed by atoms with Crippen molar-refractivity contribution in [2.45, 2.75) is 40.5 Å². The van der Waals surface area contributed by atoms with Crippen LogP contribution < -0.4 is 10.6 Å². The molecule has 2 amide bonds. The number of nitrogens with one attached hydrogen (secondary N) is 2. The molecule has 5 nitrogen and oxygen atoms in total. The normalized spacial score (nSPS) is 10.4. The highest BCUT2D eigenvalue weighted by Crippen LogP contribution is 2.17. The third-order valence-electron chi connectivity index (χ3n) is 4.50. The summed E-state index contributed by atoms with van der Waals surface area (Å²) in [5, 5.41) is 6.05. The quantitative estimate of drug-likeness (QED) is 0.666. The molecule has 0 spiro atoms. The summed E-state index contributed by atoms with van der Waals surface area (Å²) in [4.78, 5) is 26.9. The van der Waals surface area contributed by atoms with E-state index in [-0.39, 0.29) is 18.4 Å². The number of carbonyl (C=O) groups is 2. The molecule has 2 N–H and O–H groups in total. The van der Waals surface area contributed by atoms with Gasteiger partial charge in [0, 0.05) is 30.0 Å². The van der Waals surface area contributed by atoms with Gasteiger partial charge in [0.1, 0.15) is 0 Å². The van der Waals surface area contributed by atoms with Gasteiger partial charge in [0.15, 0.2) is 0 Å². The van der Waals surface area contributed by atoms with E-state index in [1.54, 1.807) is 24.3 Å². The lowest BCUT2D eigenvalue weighted by molar-refractivity contribution is -0.114. The first-order chi connectivity index (χ1) is 13.4. The van der Waals surface area contributed by atoms with Gasteiger partial charge >= 0.3 is 0 Å². The SMILES string of the molecule is CCCN(CCC)C(=O)c1cccc(NC(=O)CNc2cc(C)ccc2C)c1. The highest BCUT2D eigenvalue weighted by atomic mass is 16.2. The Balaban J connectivity index is 2.00. The van der Waals surface area contributed by atoms with Crippen LogP contribution in [0.25, 0.3) is 0 Å². The molecule has 150 valence electrons. The fourth-order valence-electron chi connectivity index (χ4n) is 3.07. The van der Waals surface area contributed by atoms with Crippen LogP contribution in [-0.2, 0) is 4.79 Å². The summed E-state index contributed by atoms with van der Waals surface area (Å²) in [6, 6.07) is 13.2. The van der Waals surface area contributed by atoms with E-state index >= 15 is 0 Å². The van der Waals surface area contributed by atoms with E-state index in [2.05, 4.69) is 24.5 Å². The van der Waals surface area contributed by atoms with Gasteiger partial charge in [0.2, 0.25) is 5.91 Å². The number of nitrogens with zero attached hydrogens (tertiary/aromatic N) is 1. The van der Waals surface area contributed by atoms with E-state index < -0.39 is 0 Å². The summed E-state index contributed by atoms with van der Waals surface area (Å²) in [7, 11) is 0. The fourth-order valence-corrected chi connectivity index (χ4v) is 3.07. The maximum Gasteiger partial charge on any atom is 0.253 e. The maximum atomic E-state index is 12.7. The molecule has 0 unspecified atom stereocenters. The number of benzene rings is 2. The molecule has 2 rings (SSSR count). The Labute approximate surface area is 168 Å². The molecule has 0 fully saturated rings. The van der Waals surface area contributed by atoms with Gasteiger partial charge in [0.05, 0.1) is 6.54 Å². The standard InChI is InChI=1S/C23H31N3O2/c1-5-12-26(13-6-2)23(28)19-8-7-9-20(15-19)25-22(27)16-24-21-14-17(3)10-11-18(21)4/h7-11,14-15,24H,5-6,12-13,16H2,1-4H3,(H,25,27). The summed E-state index contributed by atoms with van der Waals surface area (Å²) in [6.07, 6.45) is 1.85. The number of anilines is 2. The van der Waals surface area contributed by atoms with Crippen molar-refractivity contribution in [1.29, 1.82) is 0 Å². The Morgan fingerprint density at radius 1 is 0.964 bits per heavy atom. The molecular weight excluding hydrogens is 350 g/mol. The van der Waals surface area contributed by atoms with Crippen LogP contribution in [0.1, 0.15) is 48.2 Å². The fraction of sp³-hybridized carbons (Fsp3) is 0.391. The van der Waals surface area contributed by atoms with Crippen LogP contribution in [0.2, 0.25) is 0 Å². The van der Waals surface area contributed by atoms with Gasteiger partial charge in [-0.1, -0.05) is 32.0 Å². The number of hydrogen-bond donors (Lipinski definition) is 2. The van der Waals surface area contributed by atoms with Crippen LogP contribution in [0, 0.1) is 13.8 Å². The minimum absolute atomic E-state index is 0.00769. The van der Waals surface area contributed by atoms with E-state index in [4.69, 9.17) is 0 Å². The van der Waals surface area contributed by atoms with Crippen molar-refractivity contribution < 1.29 is 9.59 Å². The number of carbonyl (C=O) groups excluding carboxylic acids is 2. The number of aryl methyl sites for hydroxylation is 2. The summed E-state index contributed by atoms with van der Waals surface area (Å²) < 4.78 is 0. The van der Waals surface area contributed by atoms with Crippen molar-refractivity contribution in [3.05, 3.63) is 59.2 Å². The lowest BCUT2D eigenvalue weighted by Crippen LogP contribution is -2.32. The highest BCUT2D eigenvalue weighted by Gasteiger charge is 2.15. The van der Waals surface area contributed by atoms with Crippen LogP contribution in [0.15, 0.2) is 42.5 Å². The minimum Gasteiger partial charge on any atom is -0.376 e. The second kappa shape index (κ2) is 10.5. The predicted molar refractivity (Wildman–Crippen MR) is 116 cm³/mol. The highest BCUT2D eigenvalue weighted by molar-refractivity contribution is 5.98. The largest absolute Gasteiger partial charge is 0.376 e. The molecule has 2 aromatic carbocycles. The van der Waals surface area contributed by atoms with Gasteiger partial charge < -0.3 is 15.5 Å². The van der Waals surface area contributed by atoms with Crippen molar-refractivity contribution in [2.75, 3.05) is 30.3 Å². The van der Waals surface area contributed by atoms with Crippen molar-refractivity contribution >= 4 is 23.2 Å². The number of amides is 2. The van der Waals surface area contributed by atoms with Gasteiger partial charge in [-0.25, -0.2) is 0 Å². The first-order valence-corrected chi connectivity index (χ1v) is 9.95. The van der Waals surface area contributed by atoms with Crippen molar-refractivity contribution in [3.63, 3.8) is 0 Å². The van der Waals surface area contributed by atoms with E-state index in [0.717, 1.165) is 42.7 Å². The van der Waals surface area contributed by atoms with Crippen molar-refractivity contribution in [1.82, 2.24) is 4.90 Å². The average molecular weight is 382 g/mol. The van der Waals surface area contributed by atoms with E-state index in [9.17, 15) is 9.59 Å². The molecule has 0 aromatic heterocycles. The summed E-state index contributed by atoms with van der Waals surface area (Å²) >= 11 is 0. The topological polar surface area (TPSA) is 61.4 Å². The lowest BCUT2D eigenvalue weighted by atomic mass is 10.1. The zero-order valence-corrected chi connectivity index (χ0v) is 17.3.